The van der Waals surface area contributed by atoms with Gasteiger partial charge in [-0.3, -0.25) is 4.72 Å². The summed E-state index contributed by atoms with van der Waals surface area (Å²) in [6.45, 7) is 0.241. The normalized spacial score (nSPS) is 11.6. The van der Waals surface area contributed by atoms with Gasteiger partial charge in [-0.25, -0.2) is 12.8 Å². The number of sulfonamides is 1. The summed E-state index contributed by atoms with van der Waals surface area (Å²) < 4.78 is 41.3. The molecule has 0 radical (unpaired) electrons. The second kappa shape index (κ2) is 6.10. The minimum absolute atomic E-state index is 0.0465. The molecule has 0 aliphatic rings. The second-order valence-electron chi connectivity index (χ2n) is 3.78. The summed E-state index contributed by atoms with van der Waals surface area (Å²) in [5.74, 6) is -0.659. The summed E-state index contributed by atoms with van der Waals surface area (Å²) in [7, 11) is -3.87. The molecule has 1 aromatic carbocycles. The van der Waals surface area contributed by atoms with Crippen molar-refractivity contribution in [2.24, 2.45) is 5.73 Å². The lowest BCUT2D eigenvalue weighted by molar-refractivity contribution is 0.598. The third-order valence-corrected chi connectivity index (χ3v) is 6.51. The molecule has 0 saturated heterocycles. The van der Waals surface area contributed by atoms with Gasteiger partial charge in [0.1, 0.15) is 10.7 Å². The van der Waals surface area contributed by atoms with Crippen molar-refractivity contribution in [1.82, 2.24) is 0 Å². The van der Waals surface area contributed by atoms with Gasteiger partial charge in [-0.05, 0) is 40.2 Å². The van der Waals surface area contributed by atoms with Crippen LogP contribution in [-0.4, -0.2) is 8.42 Å². The van der Waals surface area contributed by atoms with Crippen LogP contribution in [0.4, 0.5) is 10.1 Å². The Morgan fingerprint density at radius 3 is 2.55 bits per heavy atom. The van der Waals surface area contributed by atoms with E-state index in [1.807, 2.05) is 0 Å². The molecule has 2 aromatic rings. The van der Waals surface area contributed by atoms with Crippen LogP contribution in [-0.2, 0) is 16.6 Å². The minimum Gasteiger partial charge on any atom is -0.326 e. The van der Waals surface area contributed by atoms with Crippen LogP contribution in [0, 0.1) is 5.82 Å². The van der Waals surface area contributed by atoms with E-state index >= 15 is 0 Å². The summed E-state index contributed by atoms with van der Waals surface area (Å²) >= 11 is 7.52. The van der Waals surface area contributed by atoms with E-state index in [0.29, 0.717) is 13.1 Å². The van der Waals surface area contributed by atoms with Crippen molar-refractivity contribution >= 4 is 58.9 Å². The maximum Gasteiger partial charge on any atom is 0.263 e. The highest BCUT2D eigenvalue weighted by molar-refractivity contribution is 9.11. The number of hydrogen-bond acceptors (Lipinski definition) is 4. The molecule has 0 fully saturated rings. The Kier molecular flexibility index (Phi) is 4.85. The van der Waals surface area contributed by atoms with Crippen molar-refractivity contribution in [1.29, 1.82) is 0 Å². The van der Waals surface area contributed by atoms with Gasteiger partial charge in [-0.15, -0.1) is 11.3 Å². The molecule has 1 heterocycles. The maximum atomic E-state index is 13.7. The van der Waals surface area contributed by atoms with E-state index in [9.17, 15) is 12.8 Å². The van der Waals surface area contributed by atoms with Crippen LogP contribution in [0.1, 0.15) is 4.88 Å². The first-order chi connectivity index (χ1) is 9.33. The predicted octanol–water partition coefficient (Wildman–Crippen LogP) is 3.67. The Morgan fingerprint density at radius 1 is 1.30 bits per heavy atom. The number of thiophene rings is 1. The number of nitrogens with one attached hydrogen (secondary N) is 1. The van der Waals surface area contributed by atoms with E-state index in [0.717, 1.165) is 0 Å². The SMILES string of the molecule is NCc1cc(S(=O)(=O)Nc2ccc(Br)cc2F)c(Br)s1. The first-order valence-corrected chi connectivity index (χ1v) is 9.18. The summed E-state index contributed by atoms with van der Waals surface area (Å²) in [6.07, 6.45) is 0. The molecule has 9 heteroatoms. The maximum absolute atomic E-state index is 13.7. The lowest BCUT2D eigenvalue weighted by Gasteiger charge is -2.08. The smallest absolute Gasteiger partial charge is 0.263 e. The van der Waals surface area contributed by atoms with Crippen LogP contribution in [0.2, 0.25) is 0 Å². The van der Waals surface area contributed by atoms with Crippen molar-refractivity contribution in [3.05, 3.63) is 43.2 Å². The number of nitrogens with two attached hydrogens (primary N) is 1. The van der Waals surface area contributed by atoms with Crippen LogP contribution in [0.3, 0.4) is 0 Å². The standard InChI is InChI=1S/C11H9Br2FN2O2S2/c12-6-1-2-9(8(14)3-6)16-20(17,18)10-4-7(5-15)19-11(10)13/h1-4,16H,5,15H2. The summed E-state index contributed by atoms with van der Waals surface area (Å²) in [6, 6.07) is 5.55. The molecule has 20 heavy (non-hydrogen) atoms. The van der Waals surface area contributed by atoms with Gasteiger partial charge in [-0.2, -0.15) is 0 Å². The van der Waals surface area contributed by atoms with Crippen molar-refractivity contribution in [3.63, 3.8) is 0 Å². The molecule has 0 unspecified atom stereocenters. The number of halogens is 3. The van der Waals surface area contributed by atoms with Crippen LogP contribution in [0.25, 0.3) is 0 Å². The fourth-order valence-electron chi connectivity index (χ4n) is 1.45. The molecule has 1 aromatic heterocycles. The van der Waals surface area contributed by atoms with Crippen LogP contribution in [0.5, 0.6) is 0 Å². The molecular formula is C11H9Br2FN2O2S2. The van der Waals surface area contributed by atoms with E-state index in [4.69, 9.17) is 5.73 Å². The molecule has 4 nitrogen and oxygen atoms in total. The molecule has 0 saturated carbocycles. The number of anilines is 1. The zero-order chi connectivity index (χ0) is 14.9. The zero-order valence-corrected chi connectivity index (χ0v) is 14.7. The number of rotatable bonds is 4. The van der Waals surface area contributed by atoms with Gasteiger partial charge in [0.05, 0.1) is 9.47 Å². The zero-order valence-electron chi connectivity index (χ0n) is 9.86. The molecule has 0 atom stereocenters. The number of hydrogen-bond donors (Lipinski definition) is 2. The van der Waals surface area contributed by atoms with Gasteiger partial charge in [-0.1, -0.05) is 15.9 Å². The highest BCUT2D eigenvalue weighted by atomic mass is 79.9. The Hall–Kier alpha value is -0.480. The fraction of sp³-hybridized carbons (Fsp3) is 0.0909. The quantitative estimate of drug-likeness (QED) is 0.757. The Labute approximate surface area is 136 Å². The summed E-state index contributed by atoms with van der Waals surface area (Å²) in [4.78, 5) is 0.763. The Morgan fingerprint density at radius 2 is 2.00 bits per heavy atom. The first-order valence-electron chi connectivity index (χ1n) is 5.29. The average Bonchev–Trinajstić information content (AvgIpc) is 2.75. The second-order valence-corrected chi connectivity index (χ2v) is 8.81. The van der Waals surface area contributed by atoms with Crippen LogP contribution >= 0.6 is 43.2 Å². The fourth-order valence-corrected chi connectivity index (χ4v) is 5.42. The molecule has 2 rings (SSSR count). The van der Waals surface area contributed by atoms with Gasteiger partial charge in [0.2, 0.25) is 0 Å². The number of benzene rings is 1. The molecule has 108 valence electrons. The van der Waals surface area contributed by atoms with Gasteiger partial charge >= 0.3 is 0 Å². The molecule has 0 amide bonds. The molecular weight excluding hydrogens is 435 g/mol. The third-order valence-electron chi connectivity index (χ3n) is 2.37. The van der Waals surface area contributed by atoms with E-state index < -0.39 is 15.8 Å². The minimum atomic E-state index is -3.87. The summed E-state index contributed by atoms with van der Waals surface area (Å²) in [5, 5.41) is 0. The first kappa shape index (κ1) is 15.9. The van der Waals surface area contributed by atoms with E-state index in [1.54, 1.807) is 6.07 Å². The molecule has 0 aliphatic carbocycles. The topological polar surface area (TPSA) is 72.2 Å². The van der Waals surface area contributed by atoms with Crippen molar-refractivity contribution in [2.75, 3.05) is 4.72 Å². The predicted molar refractivity (Wildman–Crippen MR) is 84.8 cm³/mol. The molecule has 0 aliphatic heterocycles. The van der Waals surface area contributed by atoms with E-state index in [2.05, 4.69) is 36.6 Å². The lowest BCUT2D eigenvalue weighted by atomic mass is 10.3. The Bertz CT molecular complexity index is 747. The van der Waals surface area contributed by atoms with Crippen molar-refractivity contribution < 1.29 is 12.8 Å². The van der Waals surface area contributed by atoms with E-state index in [-0.39, 0.29) is 17.1 Å². The van der Waals surface area contributed by atoms with Crippen LogP contribution in [0.15, 0.2) is 37.4 Å². The third kappa shape index (κ3) is 3.40. The molecule has 0 spiro atoms. The lowest BCUT2D eigenvalue weighted by Crippen LogP contribution is -2.13. The van der Waals surface area contributed by atoms with Crippen LogP contribution < -0.4 is 10.5 Å². The van der Waals surface area contributed by atoms with E-state index in [1.165, 1.54) is 29.5 Å². The largest absolute Gasteiger partial charge is 0.326 e. The van der Waals surface area contributed by atoms with Crippen molar-refractivity contribution in [2.45, 2.75) is 11.4 Å². The monoisotopic (exact) mass is 442 g/mol. The van der Waals surface area contributed by atoms with Gasteiger partial charge in [0, 0.05) is 15.9 Å². The average molecular weight is 444 g/mol. The van der Waals surface area contributed by atoms with Gasteiger partial charge < -0.3 is 5.73 Å². The summed E-state index contributed by atoms with van der Waals surface area (Å²) in [5.41, 5.74) is 5.37. The Balaban J connectivity index is 2.38. The molecule has 0 bridgehead atoms. The highest BCUT2D eigenvalue weighted by Crippen LogP contribution is 2.33. The van der Waals surface area contributed by atoms with Gasteiger partial charge in [0.25, 0.3) is 10.0 Å². The molecule has 3 N–H and O–H groups in total. The van der Waals surface area contributed by atoms with Gasteiger partial charge in [0.15, 0.2) is 0 Å². The van der Waals surface area contributed by atoms with Crippen molar-refractivity contribution in [3.8, 4) is 0 Å². The highest BCUT2D eigenvalue weighted by Gasteiger charge is 2.22.